The molecule has 0 saturated carbocycles. The van der Waals surface area contributed by atoms with Crippen LogP contribution in [0.4, 0.5) is 0 Å². The Morgan fingerprint density at radius 1 is 1.35 bits per heavy atom. The van der Waals surface area contributed by atoms with E-state index in [1.807, 2.05) is 0 Å². The SMILES string of the molecule is CC1(c2cc3c(c(Br)c2O)CCC3)CCCN1. The fourth-order valence-corrected chi connectivity index (χ4v) is 3.89. The molecule has 1 saturated heterocycles. The van der Waals surface area contributed by atoms with Crippen molar-refractivity contribution in [2.75, 3.05) is 6.54 Å². The van der Waals surface area contributed by atoms with Gasteiger partial charge < -0.3 is 10.4 Å². The van der Waals surface area contributed by atoms with Crippen LogP contribution in [0.5, 0.6) is 5.75 Å². The van der Waals surface area contributed by atoms with Crippen LogP contribution in [0.2, 0.25) is 0 Å². The van der Waals surface area contributed by atoms with Crippen LogP contribution in [0.3, 0.4) is 0 Å². The first-order valence-electron chi connectivity index (χ1n) is 6.40. The summed E-state index contributed by atoms with van der Waals surface area (Å²) in [6.07, 6.45) is 5.74. The molecule has 1 aliphatic carbocycles. The summed E-state index contributed by atoms with van der Waals surface area (Å²) in [5.41, 5.74) is 3.75. The third-order valence-corrected chi connectivity index (χ3v) is 5.12. The highest BCUT2D eigenvalue weighted by Gasteiger charge is 2.34. The quantitative estimate of drug-likeness (QED) is 0.834. The summed E-state index contributed by atoms with van der Waals surface area (Å²) in [4.78, 5) is 0. The van der Waals surface area contributed by atoms with E-state index in [9.17, 15) is 5.11 Å². The van der Waals surface area contributed by atoms with Gasteiger partial charge in [0.1, 0.15) is 5.75 Å². The van der Waals surface area contributed by atoms with Crippen molar-refractivity contribution in [3.8, 4) is 5.75 Å². The van der Waals surface area contributed by atoms with Gasteiger partial charge in [-0.15, -0.1) is 0 Å². The molecule has 2 aliphatic rings. The van der Waals surface area contributed by atoms with Crippen LogP contribution >= 0.6 is 15.9 Å². The predicted molar refractivity (Wildman–Crippen MR) is 72.4 cm³/mol. The third-order valence-electron chi connectivity index (χ3n) is 4.27. The van der Waals surface area contributed by atoms with Crippen LogP contribution in [0.15, 0.2) is 10.5 Å². The average molecular weight is 296 g/mol. The Morgan fingerprint density at radius 3 is 2.88 bits per heavy atom. The molecular weight excluding hydrogens is 278 g/mol. The number of fused-ring (bicyclic) bond motifs is 1. The van der Waals surface area contributed by atoms with Crippen LogP contribution < -0.4 is 5.32 Å². The van der Waals surface area contributed by atoms with Gasteiger partial charge in [-0.1, -0.05) is 0 Å². The number of hydrogen-bond donors (Lipinski definition) is 2. The fraction of sp³-hybridized carbons (Fsp3) is 0.571. The lowest BCUT2D eigenvalue weighted by atomic mass is 9.87. The monoisotopic (exact) mass is 295 g/mol. The summed E-state index contributed by atoms with van der Waals surface area (Å²) < 4.78 is 0.928. The lowest BCUT2D eigenvalue weighted by Crippen LogP contribution is -2.33. The highest BCUT2D eigenvalue weighted by molar-refractivity contribution is 9.10. The van der Waals surface area contributed by atoms with Crippen molar-refractivity contribution in [3.05, 3.63) is 27.2 Å². The number of aromatic hydroxyl groups is 1. The highest BCUT2D eigenvalue weighted by Crippen LogP contribution is 2.44. The van der Waals surface area contributed by atoms with Gasteiger partial charge in [-0.3, -0.25) is 0 Å². The molecule has 92 valence electrons. The predicted octanol–water partition coefficient (Wildman–Crippen LogP) is 3.24. The van der Waals surface area contributed by atoms with Crippen molar-refractivity contribution < 1.29 is 5.11 Å². The molecule has 0 spiro atoms. The maximum absolute atomic E-state index is 10.4. The van der Waals surface area contributed by atoms with Crippen molar-refractivity contribution in [2.45, 2.75) is 44.6 Å². The standard InChI is InChI=1S/C14H18BrNO/c1-14(6-3-7-16-14)11-8-9-4-2-5-10(9)12(15)13(11)17/h8,16-17H,2-7H2,1H3. The van der Waals surface area contributed by atoms with Crippen molar-refractivity contribution in [3.63, 3.8) is 0 Å². The Balaban J connectivity index is 2.14. The Labute approximate surface area is 111 Å². The van der Waals surface area contributed by atoms with Crippen LogP contribution in [-0.4, -0.2) is 11.7 Å². The molecule has 2 nitrogen and oxygen atoms in total. The molecule has 0 amide bonds. The number of aryl methyl sites for hydroxylation is 1. The first kappa shape index (κ1) is 11.5. The molecule has 2 N–H and O–H groups in total. The van der Waals surface area contributed by atoms with Gasteiger partial charge in [-0.2, -0.15) is 0 Å². The molecule has 1 fully saturated rings. The maximum atomic E-state index is 10.4. The number of nitrogens with one attached hydrogen (secondary N) is 1. The van der Waals surface area contributed by atoms with E-state index < -0.39 is 0 Å². The van der Waals surface area contributed by atoms with Gasteiger partial charge in [-0.25, -0.2) is 0 Å². The smallest absolute Gasteiger partial charge is 0.135 e. The Hall–Kier alpha value is -0.540. The molecule has 3 heteroatoms. The largest absolute Gasteiger partial charge is 0.506 e. The number of phenols is 1. The summed E-state index contributed by atoms with van der Waals surface area (Å²) in [5.74, 6) is 0.447. The van der Waals surface area contributed by atoms with E-state index in [2.05, 4.69) is 34.2 Å². The number of phenolic OH excluding ortho intramolecular Hbond substituents is 1. The van der Waals surface area contributed by atoms with E-state index in [0.29, 0.717) is 5.75 Å². The first-order valence-corrected chi connectivity index (χ1v) is 7.20. The third kappa shape index (κ3) is 1.71. The Kier molecular flexibility index (Phi) is 2.71. The van der Waals surface area contributed by atoms with E-state index in [4.69, 9.17) is 0 Å². The summed E-state index contributed by atoms with van der Waals surface area (Å²) in [7, 11) is 0. The summed E-state index contributed by atoms with van der Waals surface area (Å²) >= 11 is 3.58. The molecule has 1 heterocycles. The van der Waals surface area contributed by atoms with Crippen LogP contribution in [0, 0.1) is 0 Å². The summed E-state index contributed by atoms with van der Waals surface area (Å²) in [6, 6.07) is 2.22. The van der Waals surface area contributed by atoms with E-state index in [1.165, 1.54) is 24.0 Å². The maximum Gasteiger partial charge on any atom is 0.135 e. The lowest BCUT2D eigenvalue weighted by molar-refractivity contribution is 0.392. The second-order valence-corrected chi connectivity index (χ2v) is 6.23. The first-order chi connectivity index (χ1) is 8.12. The second-order valence-electron chi connectivity index (χ2n) is 5.44. The fourth-order valence-electron chi connectivity index (χ4n) is 3.23. The van der Waals surface area contributed by atoms with Gasteiger partial charge in [0.05, 0.1) is 4.47 Å². The molecule has 1 aliphatic heterocycles. The zero-order valence-corrected chi connectivity index (χ0v) is 11.7. The van der Waals surface area contributed by atoms with Gasteiger partial charge in [0.25, 0.3) is 0 Å². The van der Waals surface area contributed by atoms with Gasteiger partial charge >= 0.3 is 0 Å². The molecule has 0 radical (unpaired) electrons. The van der Waals surface area contributed by atoms with Gasteiger partial charge in [0.15, 0.2) is 0 Å². The average Bonchev–Trinajstić information content (AvgIpc) is 2.92. The minimum absolute atomic E-state index is 0.0514. The Bertz CT molecular complexity index is 464. The minimum atomic E-state index is -0.0514. The van der Waals surface area contributed by atoms with Crippen molar-refractivity contribution in [1.82, 2.24) is 5.32 Å². The summed E-state index contributed by atoms with van der Waals surface area (Å²) in [6.45, 7) is 3.24. The van der Waals surface area contributed by atoms with E-state index in [-0.39, 0.29) is 5.54 Å². The number of halogens is 1. The lowest BCUT2D eigenvalue weighted by Gasteiger charge is -2.27. The number of hydrogen-bond acceptors (Lipinski definition) is 2. The molecule has 1 unspecified atom stereocenters. The van der Waals surface area contributed by atoms with Crippen molar-refractivity contribution >= 4 is 15.9 Å². The zero-order chi connectivity index (χ0) is 12.0. The molecule has 1 aromatic rings. The normalized spacial score (nSPS) is 27.4. The van der Waals surface area contributed by atoms with Crippen LogP contribution in [-0.2, 0) is 18.4 Å². The number of benzene rings is 1. The van der Waals surface area contributed by atoms with E-state index in [0.717, 1.165) is 35.8 Å². The molecule has 17 heavy (non-hydrogen) atoms. The topological polar surface area (TPSA) is 32.3 Å². The van der Waals surface area contributed by atoms with Crippen LogP contribution in [0.1, 0.15) is 42.9 Å². The van der Waals surface area contributed by atoms with Gasteiger partial charge in [0.2, 0.25) is 0 Å². The van der Waals surface area contributed by atoms with Crippen molar-refractivity contribution in [1.29, 1.82) is 0 Å². The molecular formula is C14H18BrNO. The second kappa shape index (κ2) is 3.99. The molecule has 3 rings (SSSR count). The molecule has 1 atom stereocenters. The highest BCUT2D eigenvalue weighted by atomic mass is 79.9. The number of rotatable bonds is 1. The van der Waals surface area contributed by atoms with E-state index >= 15 is 0 Å². The molecule has 0 aromatic heterocycles. The van der Waals surface area contributed by atoms with Gasteiger partial charge in [0, 0.05) is 11.1 Å². The van der Waals surface area contributed by atoms with Crippen LogP contribution in [0.25, 0.3) is 0 Å². The zero-order valence-electron chi connectivity index (χ0n) is 10.1. The van der Waals surface area contributed by atoms with E-state index in [1.54, 1.807) is 0 Å². The Morgan fingerprint density at radius 2 is 2.18 bits per heavy atom. The molecule has 1 aromatic carbocycles. The summed E-state index contributed by atoms with van der Waals surface area (Å²) in [5, 5.41) is 13.9. The van der Waals surface area contributed by atoms with Gasteiger partial charge in [-0.05, 0) is 78.7 Å². The van der Waals surface area contributed by atoms with Crippen molar-refractivity contribution in [2.24, 2.45) is 0 Å². The minimum Gasteiger partial charge on any atom is -0.506 e. The molecule has 0 bridgehead atoms.